The lowest BCUT2D eigenvalue weighted by molar-refractivity contribution is 0.538. The molecule has 0 spiro atoms. The van der Waals surface area contributed by atoms with Crippen LogP contribution in [-0.4, -0.2) is 14.7 Å². The number of fused-ring (bicyclic) bond motifs is 1. The molecule has 2 aliphatic heterocycles. The fourth-order valence-electron chi connectivity index (χ4n) is 1.63. The third-order valence-electron chi connectivity index (χ3n) is 2.43. The lowest BCUT2D eigenvalue weighted by atomic mass is 10.1. The molecule has 0 aliphatic carbocycles. The van der Waals surface area contributed by atoms with Crippen molar-refractivity contribution in [3.63, 3.8) is 0 Å². The van der Waals surface area contributed by atoms with E-state index < -0.39 is 0 Å². The summed E-state index contributed by atoms with van der Waals surface area (Å²) < 4.78 is 1.94. The Morgan fingerprint density at radius 2 is 2.29 bits per heavy atom. The van der Waals surface area contributed by atoms with Gasteiger partial charge in [0.05, 0.1) is 16.4 Å². The summed E-state index contributed by atoms with van der Waals surface area (Å²) in [6, 6.07) is 1.86. The van der Waals surface area contributed by atoms with E-state index in [9.17, 15) is 0 Å². The molecule has 0 aromatic heterocycles. The van der Waals surface area contributed by atoms with Gasteiger partial charge in [-0.3, -0.25) is 0 Å². The highest BCUT2D eigenvalue weighted by molar-refractivity contribution is 5.65. The van der Waals surface area contributed by atoms with E-state index in [0.29, 0.717) is 5.35 Å². The first-order valence-corrected chi connectivity index (χ1v) is 4.39. The molecule has 0 radical (unpaired) electrons. The molecule has 1 N–H and O–H groups in total. The summed E-state index contributed by atoms with van der Waals surface area (Å²) in [7, 11) is 1.94. The van der Waals surface area contributed by atoms with Crippen LogP contribution in [0.15, 0.2) is 12.3 Å². The van der Waals surface area contributed by atoms with E-state index in [4.69, 9.17) is 5.11 Å². The number of pyridine rings is 1. The summed E-state index contributed by atoms with van der Waals surface area (Å²) in [5, 5.41) is 10.3. The molecular formula is C11H12N2O. The second-order valence-corrected chi connectivity index (χ2v) is 3.44. The van der Waals surface area contributed by atoms with E-state index in [2.05, 4.69) is 11.6 Å². The maximum absolute atomic E-state index is 8.88. The average molecular weight is 188 g/mol. The Balaban J connectivity index is 2.98. The molecule has 0 aromatic carbocycles. The highest BCUT2D eigenvalue weighted by Crippen LogP contribution is 2.16. The Morgan fingerprint density at radius 3 is 2.93 bits per heavy atom. The van der Waals surface area contributed by atoms with Crippen molar-refractivity contribution in [2.75, 3.05) is 0 Å². The van der Waals surface area contributed by atoms with Gasteiger partial charge in [0.25, 0.3) is 0 Å². The minimum atomic E-state index is 0.583. The van der Waals surface area contributed by atoms with Crippen LogP contribution < -0.4 is 10.7 Å². The second kappa shape index (κ2) is 2.87. The molecule has 2 rings (SSSR count). The molecular weight excluding hydrogens is 176 g/mol. The monoisotopic (exact) mass is 188 g/mol. The molecule has 72 valence electrons. The summed E-state index contributed by atoms with van der Waals surface area (Å²) in [5.74, 6) is 0. The minimum absolute atomic E-state index is 0.583. The SMILES string of the molecule is C=c1c2n/c(=C/O)cc-2c(C)cn1C. The third-order valence-corrected chi connectivity index (χ3v) is 2.43. The van der Waals surface area contributed by atoms with Gasteiger partial charge in [-0.15, -0.1) is 0 Å². The largest absolute Gasteiger partial charge is 0.513 e. The summed E-state index contributed by atoms with van der Waals surface area (Å²) in [5.41, 5.74) is 3.04. The van der Waals surface area contributed by atoms with Crippen LogP contribution in [-0.2, 0) is 7.05 Å². The van der Waals surface area contributed by atoms with E-state index in [1.54, 1.807) is 0 Å². The molecule has 0 atom stereocenters. The fourth-order valence-corrected chi connectivity index (χ4v) is 1.63. The van der Waals surface area contributed by atoms with Crippen LogP contribution in [0.4, 0.5) is 0 Å². The van der Waals surface area contributed by atoms with Crippen LogP contribution in [0, 0.1) is 6.92 Å². The van der Waals surface area contributed by atoms with Crippen molar-refractivity contribution in [2.45, 2.75) is 6.92 Å². The van der Waals surface area contributed by atoms with Crippen LogP contribution in [0.1, 0.15) is 5.56 Å². The Bertz CT molecular complexity index is 554. The zero-order valence-electron chi connectivity index (χ0n) is 8.28. The maximum atomic E-state index is 8.88. The first-order valence-electron chi connectivity index (χ1n) is 4.39. The summed E-state index contributed by atoms with van der Waals surface area (Å²) in [4.78, 5) is 4.26. The van der Waals surface area contributed by atoms with Crippen molar-refractivity contribution in [1.29, 1.82) is 0 Å². The van der Waals surface area contributed by atoms with Gasteiger partial charge in [0.15, 0.2) is 0 Å². The molecule has 2 aliphatic rings. The molecule has 0 saturated heterocycles. The van der Waals surface area contributed by atoms with E-state index in [1.165, 1.54) is 0 Å². The maximum Gasteiger partial charge on any atom is 0.105 e. The number of aliphatic hydroxyl groups is 1. The fraction of sp³-hybridized carbons (Fsp3) is 0.182. The van der Waals surface area contributed by atoms with Crippen molar-refractivity contribution in [2.24, 2.45) is 7.05 Å². The smallest absolute Gasteiger partial charge is 0.105 e. The average Bonchev–Trinajstić information content (AvgIpc) is 2.58. The lowest BCUT2D eigenvalue weighted by Gasteiger charge is -2.07. The lowest BCUT2D eigenvalue weighted by Crippen LogP contribution is -2.19. The number of aromatic nitrogens is 2. The Morgan fingerprint density at radius 1 is 1.57 bits per heavy atom. The molecule has 3 heteroatoms. The molecule has 0 fully saturated rings. The van der Waals surface area contributed by atoms with Crippen molar-refractivity contribution in [3.8, 4) is 11.3 Å². The van der Waals surface area contributed by atoms with E-state index in [-0.39, 0.29) is 0 Å². The highest BCUT2D eigenvalue weighted by Gasteiger charge is 2.10. The van der Waals surface area contributed by atoms with Gasteiger partial charge in [0.2, 0.25) is 0 Å². The van der Waals surface area contributed by atoms with E-state index in [0.717, 1.165) is 28.4 Å². The van der Waals surface area contributed by atoms with Crippen molar-refractivity contribution in [1.82, 2.24) is 9.55 Å². The number of rotatable bonds is 0. The van der Waals surface area contributed by atoms with Gasteiger partial charge in [-0.25, -0.2) is 4.98 Å². The van der Waals surface area contributed by atoms with Crippen LogP contribution in [0.25, 0.3) is 24.1 Å². The predicted octanol–water partition coefficient (Wildman–Crippen LogP) is 0.540. The Kier molecular flexibility index (Phi) is 1.81. The van der Waals surface area contributed by atoms with Crippen LogP contribution in [0.3, 0.4) is 0 Å². The zero-order chi connectivity index (χ0) is 10.3. The van der Waals surface area contributed by atoms with E-state index >= 15 is 0 Å². The number of nitrogens with zero attached hydrogens (tertiary/aromatic N) is 2. The molecule has 0 saturated carbocycles. The normalized spacial score (nSPS) is 12.6. The van der Waals surface area contributed by atoms with Crippen molar-refractivity contribution in [3.05, 3.63) is 28.5 Å². The predicted molar refractivity (Wildman–Crippen MR) is 56.4 cm³/mol. The van der Waals surface area contributed by atoms with Crippen molar-refractivity contribution < 1.29 is 5.11 Å². The number of hydrogen-bond donors (Lipinski definition) is 1. The second-order valence-electron chi connectivity index (χ2n) is 3.44. The molecule has 0 bridgehead atoms. The van der Waals surface area contributed by atoms with Crippen LogP contribution in [0.2, 0.25) is 0 Å². The molecule has 0 aromatic rings. The summed E-state index contributed by atoms with van der Waals surface area (Å²) >= 11 is 0. The summed E-state index contributed by atoms with van der Waals surface area (Å²) in [6.07, 6.45) is 3.02. The molecule has 3 nitrogen and oxygen atoms in total. The topological polar surface area (TPSA) is 38.1 Å². The molecule has 2 heterocycles. The minimum Gasteiger partial charge on any atom is -0.513 e. The first kappa shape index (κ1) is 8.81. The molecule has 0 amide bonds. The zero-order valence-corrected chi connectivity index (χ0v) is 8.28. The van der Waals surface area contributed by atoms with Gasteiger partial charge >= 0.3 is 0 Å². The molecule has 0 unspecified atom stereocenters. The summed E-state index contributed by atoms with van der Waals surface area (Å²) in [6.45, 7) is 5.96. The number of hydrogen-bond acceptors (Lipinski definition) is 2. The van der Waals surface area contributed by atoms with Gasteiger partial charge in [-0.2, -0.15) is 0 Å². The quantitative estimate of drug-likeness (QED) is 0.655. The van der Waals surface area contributed by atoms with E-state index in [1.807, 2.05) is 30.8 Å². The highest BCUT2D eigenvalue weighted by atomic mass is 16.2. The first-order chi connectivity index (χ1) is 6.63. The standard InChI is InChI=1S/C11H12N2O/c1-7-5-13(3)8(2)11-10(7)4-9(6-14)12-11/h4-6,14H,2H2,1,3H3/b9-6+. The van der Waals surface area contributed by atoms with Gasteiger partial charge in [0, 0.05) is 18.8 Å². The van der Waals surface area contributed by atoms with Gasteiger partial charge < -0.3 is 9.67 Å². The molecule has 14 heavy (non-hydrogen) atoms. The third kappa shape index (κ3) is 1.09. The van der Waals surface area contributed by atoms with Gasteiger partial charge in [0.1, 0.15) is 6.26 Å². The Hall–Kier alpha value is -1.77. The van der Waals surface area contributed by atoms with Crippen LogP contribution in [0.5, 0.6) is 0 Å². The van der Waals surface area contributed by atoms with Crippen molar-refractivity contribution >= 4 is 12.8 Å². The number of aliphatic hydroxyl groups excluding tert-OH is 1. The number of aryl methyl sites for hydroxylation is 2. The van der Waals surface area contributed by atoms with Crippen LogP contribution >= 0.6 is 0 Å². The van der Waals surface area contributed by atoms with Gasteiger partial charge in [-0.1, -0.05) is 6.58 Å². The Labute approximate surface area is 82.0 Å². The van der Waals surface area contributed by atoms with Gasteiger partial charge in [-0.05, 0) is 18.6 Å².